The van der Waals surface area contributed by atoms with E-state index in [1.807, 2.05) is 42.5 Å². The molecule has 0 saturated carbocycles. The molecule has 21 heavy (non-hydrogen) atoms. The number of para-hydroxylation sites is 2. The molecule has 1 aromatic heterocycles. The van der Waals surface area contributed by atoms with Crippen molar-refractivity contribution in [2.45, 2.75) is 13.3 Å². The smallest absolute Gasteiger partial charge is 0.0815 e. The molecule has 0 aliphatic rings. The summed E-state index contributed by atoms with van der Waals surface area (Å²) >= 11 is 0. The van der Waals surface area contributed by atoms with Gasteiger partial charge >= 0.3 is 0 Å². The molecule has 3 heteroatoms. The lowest BCUT2D eigenvalue weighted by Gasteiger charge is -2.22. The Balaban J connectivity index is 1.80. The van der Waals surface area contributed by atoms with Crippen LogP contribution in [0.5, 0.6) is 0 Å². The minimum atomic E-state index is 0.648. The second-order valence-corrected chi connectivity index (χ2v) is 5.15. The van der Waals surface area contributed by atoms with E-state index in [-0.39, 0.29) is 0 Å². The zero-order valence-corrected chi connectivity index (χ0v) is 12.2. The topological polar surface area (TPSA) is 8.17 Å². The van der Waals surface area contributed by atoms with Gasteiger partial charge < -0.3 is 4.90 Å². The molecule has 0 radical (unpaired) electrons. The minimum Gasteiger partial charge on any atom is -0.371 e. The maximum atomic E-state index is 13.8. The first kappa shape index (κ1) is 13.7. The maximum Gasteiger partial charge on any atom is 0.0815 e. The Labute approximate surface area is 124 Å². The molecule has 0 saturated heterocycles. The Morgan fingerprint density at radius 1 is 1.00 bits per heavy atom. The number of aromatic nitrogens is 1. The van der Waals surface area contributed by atoms with Crippen molar-refractivity contribution in [3.8, 4) is 0 Å². The lowest BCUT2D eigenvalue weighted by Crippen LogP contribution is -2.25. The average Bonchev–Trinajstić information content (AvgIpc) is 2.86. The van der Waals surface area contributed by atoms with Gasteiger partial charge in [0.25, 0.3) is 0 Å². The third-order valence-electron chi connectivity index (χ3n) is 3.90. The van der Waals surface area contributed by atoms with Crippen molar-refractivity contribution in [2.24, 2.45) is 0 Å². The van der Waals surface area contributed by atoms with E-state index in [9.17, 15) is 4.48 Å². The van der Waals surface area contributed by atoms with E-state index in [1.54, 1.807) is 6.20 Å². The van der Waals surface area contributed by atoms with Crippen LogP contribution in [0, 0.1) is 0 Å². The van der Waals surface area contributed by atoms with Crippen LogP contribution in [0.1, 0.15) is 12.5 Å². The molecular weight excluding hydrogens is 263 g/mol. The van der Waals surface area contributed by atoms with Crippen LogP contribution in [0.4, 0.5) is 10.2 Å². The van der Waals surface area contributed by atoms with Crippen molar-refractivity contribution in [3.05, 3.63) is 66.4 Å². The van der Waals surface area contributed by atoms with Gasteiger partial charge in [-0.25, -0.2) is 0 Å². The number of hydrogen-bond acceptors (Lipinski definition) is 1. The lowest BCUT2D eigenvalue weighted by atomic mass is 10.1. The standard InChI is InChI=1S/C18H19FN2/c1-2-20(16-8-4-3-5-9-16)13-12-15-14-21(19)18-11-7-6-10-17(15)18/h3-11,14H,2,12-13H2,1H3. The Bertz CT molecular complexity index is 718. The van der Waals surface area contributed by atoms with Gasteiger partial charge in [-0.15, -0.1) is 0 Å². The van der Waals surface area contributed by atoms with Crippen LogP contribution >= 0.6 is 0 Å². The van der Waals surface area contributed by atoms with Gasteiger partial charge in [-0.1, -0.05) is 40.9 Å². The third kappa shape index (κ3) is 2.77. The second kappa shape index (κ2) is 6.00. The Morgan fingerprint density at radius 3 is 2.48 bits per heavy atom. The van der Waals surface area contributed by atoms with E-state index in [0.717, 1.165) is 35.2 Å². The average molecular weight is 282 g/mol. The first-order chi connectivity index (χ1) is 10.3. The Kier molecular flexibility index (Phi) is 3.91. The number of rotatable bonds is 5. The van der Waals surface area contributed by atoms with E-state index in [2.05, 4.69) is 24.0 Å². The fraction of sp³-hybridized carbons (Fsp3) is 0.222. The number of fused-ring (bicyclic) bond motifs is 1. The molecule has 0 atom stereocenters. The van der Waals surface area contributed by atoms with Crippen molar-refractivity contribution in [1.82, 2.24) is 4.79 Å². The molecule has 2 aromatic carbocycles. The number of hydrogen-bond donors (Lipinski definition) is 0. The van der Waals surface area contributed by atoms with Crippen LogP contribution in [0.2, 0.25) is 0 Å². The summed E-state index contributed by atoms with van der Waals surface area (Å²) in [5.41, 5.74) is 2.92. The number of likely N-dealkylation sites (N-methyl/N-ethyl adjacent to an activating group) is 1. The van der Waals surface area contributed by atoms with Crippen molar-refractivity contribution in [2.75, 3.05) is 18.0 Å². The highest BCUT2D eigenvalue weighted by Gasteiger charge is 2.10. The SMILES string of the molecule is CCN(CCc1cn(F)c2ccccc12)c1ccccc1. The summed E-state index contributed by atoms with van der Waals surface area (Å²) in [6.07, 6.45) is 2.43. The van der Waals surface area contributed by atoms with Crippen molar-refractivity contribution in [3.63, 3.8) is 0 Å². The van der Waals surface area contributed by atoms with Gasteiger partial charge in [0.1, 0.15) is 0 Å². The van der Waals surface area contributed by atoms with Crippen LogP contribution in [-0.4, -0.2) is 17.9 Å². The molecule has 108 valence electrons. The number of benzene rings is 2. The quantitative estimate of drug-likeness (QED) is 0.671. The summed E-state index contributed by atoms with van der Waals surface area (Å²) < 4.78 is 13.8. The van der Waals surface area contributed by atoms with Gasteiger partial charge in [0, 0.05) is 30.4 Å². The van der Waals surface area contributed by atoms with Crippen molar-refractivity contribution < 1.29 is 4.48 Å². The molecule has 0 spiro atoms. The zero-order valence-electron chi connectivity index (χ0n) is 12.2. The molecule has 3 rings (SSSR count). The van der Waals surface area contributed by atoms with Crippen LogP contribution in [0.15, 0.2) is 60.8 Å². The van der Waals surface area contributed by atoms with E-state index >= 15 is 0 Å². The van der Waals surface area contributed by atoms with Crippen molar-refractivity contribution >= 4 is 16.6 Å². The molecule has 0 fully saturated rings. The van der Waals surface area contributed by atoms with E-state index in [0.29, 0.717) is 5.52 Å². The van der Waals surface area contributed by atoms with Gasteiger partial charge in [-0.05, 0) is 37.1 Å². The summed E-state index contributed by atoms with van der Waals surface area (Å²) in [6, 6.07) is 18.0. The van der Waals surface area contributed by atoms with Crippen LogP contribution < -0.4 is 4.90 Å². The molecular formula is C18H19FN2. The fourth-order valence-electron chi connectivity index (χ4n) is 2.77. The summed E-state index contributed by atoms with van der Waals surface area (Å²) in [4.78, 5) is 3.04. The van der Waals surface area contributed by atoms with Crippen LogP contribution in [0.3, 0.4) is 0 Å². The monoisotopic (exact) mass is 282 g/mol. The summed E-state index contributed by atoms with van der Waals surface area (Å²) in [7, 11) is 0. The molecule has 0 bridgehead atoms. The molecule has 0 N–H and O–H groups in total. The van der Waals surface area contributed by atoms with Gasteiger partial charge in [-0.2, -0.15) is 4.79 Å². The number of halogens is 1. The summed E-state index contributed by atoms with van der Waals surface area (Å²) in [5, 5.41) is 1.00. The van der Waals surface area contributed by atoms with Crippen LogP contribution in [-0.2, 0) is 6.42 Å². The molecule has 3 aromatic rings. The highest BCUT2D eigenvalue weighted by molar-refractivity contribution is 5.83. The molecule has 0 unspecified atom stereocenters. The first-order valence-corrected chi connectivity index (χ1v) is 7.34. The predicted molar refractivity (Wildman–Crippen MR) is 86.5 cm³/mol. The van der Waals surface area contributed by atoms with Gasteiger partial charge in [-0.3, -0.25) is 0 Å². The van der Waals surface area contributed by atoms with Crippen molar-refractivity contribution in [1.29, 1.82) is 0 Å². The van der Waals surface area contributed by atoms with E-state index in [4.69, 9.17) is 0 Å². The maximum absolute atomic E-state index is 13.8. The van der Waals surface area contributed by atoms with Gasteiger partial charge in [0.2, 0.25) is 0 Å². The zero-order chi connectivity index (χ0) is 14.7. The fourth-order valence-corrected chi connectivity index (χ4v) is 2.77. The number of anilines is 1. The minimum absolute atomic E-state index is 0.648. The van der Waals surface area contributed by atoms with Gasteiger partial charge in [0.05, 0.1) is 5.52 Å². The third-order valence-corrected chi connectivity index (χ3v) is 3.90. The first-order valence-electron chi connectivity index (χ1n) is 7.34. The lowest BCUT2D eigenvalue weighted by molar-refractivity contribution is 0.387. The highest BCUT2D eigenvalue weighted by atomic mass is 19.2. The molecule has 2 nitrogen and oxygen atoms in total. The normalized spacial score (nSPS) is 11.0. The summed E-state index contributed by atoms with van der Waals surface area (Å²) in [5.74, 6) is 0. The largest absolute Gasteiger partial charge is 0.371 e. The highest BCUT2D eigenvalue weighted by Crippen LogP contribution is 2.22. The van der Waals surface area contributed by atoms with Gasteiger partial charge in [0.15, 0.2) is 0 Å². The summed E-state index contributed by atoms with van der Waals surface area (Å²) in [6.45, 7) is 3.97. The second-order valence-electron chi connectivity index (χ2n) is 5.15. The molecule has 1 heterocycles. The van der Waals surface area contributed by atoms with Crippen LogP contribution in [0.25, 0.3) is 10.9 Å². The van der Waals surface area contributed by atoms with E-state index < -0.39 is 0 Å². The Morgan fingerprint density at radius 2 is 1.71 bits per heavy atom. The Hall–Kier alpha value is -2.29. The van der Waals surface area contributed by atoms with E-state index in [1.165, 1.54) is 5.69 Å². The molecule has 0 aliphatic carbocycles. The molecule has 0 aliphatic heterocycles. The molecule has 0 amide bonds. The predicted octanol–water partition coefficient (Wildman–Crippen LogP) is 4.44. The number of nitrogens with zero attached hydrogens (tertiary/aromatic N) is 2.